The van der Waals surface area contributed by atoms with Crippen LogP contribution in [-0.4, -0.2) is 54.6 Å². The second-order valence-corrected chi connectivity index (χ2v) is 7.53. The molecule has 1 heterocycles. The van der Waals surface area contributed by atoms with E-state index in [2.05, 4.69) is 48.3 Å². The van der Waals surface area contributed by atoms with Gasteiger partial charge in [0.2, 0.25) is 0 Å². The van der Waals surface area contributed by atoms with Gasteiger partial charge in [-0.2, -0.15) is 0 Å². The summed E-state index contributed by atoms with van der Waals surface area (Å²) in [6, 6.07) is 20.5. The lowest BCUT2D eigenvalue weighted by molar-refractivity contribution is -0.143. The number of benzene rings is 2. The van der Waals surface area contributed by atoms with Gasteiger partial charge < -0.3 is 20.3 Å². The average Bonchev–Trinajstić information content (AvgIpc) is 3.21. The predicted octanol–water partition coefficient (Wildman–Crippen LogP) is 2.65. The van der Waals surface area contributed by atoms with Gasteiger partial charge in [-0.05, 0) is 31.0 Å². The molecule has 2 atom stereocenters. The van der Waals surface area contributed by atoms with Crippen molar-refractivity contribution >= 4 is 5.91 Å². The Bertz CT molecular complexity index is 723. The SMILES string of the molecule is CN(CCN(Cc1ccccc1)C(=O)[C@@H]1CC[C@H](CN)O1)Cc1ccccc1. The van der Waals surface area contributed by atoms with E-state index >= 15 is 0 Å². The molecule has 1 saturated heterocycles. The number of carbonyl (C=O) groups is 1. The van der Waals surface area contributed by atoms with E-state index in [1.54, 1.807) is 0 Å². The van der Waals surface area contributed by atoms with Crippen molar-refractivity contribution < 1.29 is 9.53 Å². The first-order chi connectivity index (χ1) is 13.7. The second kappa shape index (κ2) is 10.4. The van der Waals surface area contributed by atoms with Gasteiger partial charge in [0, 0.05) is 32.7 Å². The third-order valence-electron chi connectivity index (χ3n) is 5.22. The maximum absolute atomic E-state index is 13.1. The summed E-state index contributed by atoms with van der Waals surface area (Å²) in [5.74, 6) is 0.0768. The van der Waals surface area contributed by atoms with Gasteiger partial charge >= 0.3 is 0 Å². The van der Waals surface area contributed by atoms with E-state index in [1.165, 1.54) is 5.56 Å². The Labute approximate surface area is 168 Å². The van der Waals surface area contributed by atoms with Crippen molar-refractivity contribution in [2.75, 3.05) is 26.7 Å². The summed E-state index contributed by atoms with van der Waals surface area (Å²) < 4.78 is 5.86. The van der Waals surface area contributed by atoms with Gasteiger partial charge in [0.15, 0.2) is 0 Å². The zero-order chi connectivity index (χ0) is 19.8. The first kappa shape index (κ1) is 20.5. The van der Waals surface area contributed by atoms with Crippen molar-refractivity contribution in [2.24, 2.45) is 5.73 Å². The Morgan fingerprint density at radius 3 is 2.14 bits per heavy atom. The van der Waals surface area contributed by atoms with Gasteiger partial charge in [0.05, 0.1) is 6.10 Å². The molecular formula is C23H31N3O2. The summed E-state index contributed by atoms with van der Waals surface area (Å²) in [6.07, 6.45) is 1.26. The predicted molar refractivity (Wildman–Crippen MR) is 112 cm³/mol. The number of carbonyl (C=O) groups excluding carboxylic acids is 1. The molecule has 5 nitrogen and oxygen atoms in total. The highest BCUT2D eigenvalue weighted by Crippen LogP contribution is 2.21. The van der Waals surface area contributed by atoms with Gasteiger partial charge in [-0.1, -0.05) is 60.7 Å². The Kier molecular flexibility index (Phi) is 7.60. The first-order valence-corrected chi connectivity index (χ1v) is 10.1. The van der Waals surface area contributed by atoms with Crippen molar-refractivity contribution in [2.45, 2.75) is 38.1 Å². The third kappa shape index (κ3) is 5.89. The lowest BCUT2D eigenvalue weighted by Gasteiger charge is -2.28. The van der Waals surface area contributed by atoms with E-state index in [0.717, 1.165) is 31.5 Å². The largest absolute Gasteiger partial charge is 0.364 e. The van der Waals surface area contributed by atoms with Crippen molar-refractivity contribution in [3.05, 3.63) is 71.8 Å². The van der Waals surface area contributed by atoms with Crippen LogP contribution in [0.5, 0.6) is 0 Å². The van der Waals surface area contributed by atoms with Crippen LogP contribution in [0.1, 0.15) is 24.0 Å². The molecular weight excluding hydrogens is 350 g/mol. The molecule has 3 rings (SSSR count). The fourth-order valence-electron chi connectivity index (χ4n) is 3.60. The molecule has 1 aliphatic rings. The highest BCUT2D eigenvalue weighted by Gasteiger charge is 2.32. The number of rotatable bonds is 9. The maximum Gasteiger partial charge on any atom is 0.252 e. The van der Waals surface area contributed by atoms with Crippen LogP contribution in [0.15, 0.2) is 60.7 Å². The molecule has 1 amide bonds. The molecule has 5 heteroatoms. The lowest BCUT2D eigenvalue weighted by Crippen LogP contribution is -2.42. The zero-order valence-corrected chi connectivity index (χ0v) is 16.7. The molecule has 2 aromatic carbocycles. The van der Waals surface area contributed by atoms with E-state index in [9.17, 15) is 4.79 Å². The van der Waals surface area contributed by atoms with Crippen LogP contribution in [0.25, 0.3) is 0 Å². The monoisotopic (exact) mass is 381 g/mol. The number of nitrogens with two attached hydrogens (primary N) is 1. The standard InChI is InChI=1S/C23H31N3O2/c1-25(17-19-8-4-2-5-9-19)14-15-26(18-20-10-6-3-7-11-20)23(27)22-13-12-21(16-24)28-22/h2-11,21-22H,12-18,24H2,1H3/t21-,22+/m1/s1. The summed E-state index contributed by atoms with van der Waals surface area (Å²) in [5.41, 5.74) is 8.12. The van der Waals surface area contributed by atoms with E-state index in [1.807, 2.05) is 29.2 Å². The highest BCUT2D eigenvalue weighted by molar-refractivity contribution is 5.81. The van der Waals surface area contributed by atoms with E-state index in [-0.39, 0.29) is 18.1 Å². The van der Waals surface area contributed by atoms with Crippen molar-refractivity contribution in [1.82, 2.24) is 9.80 Å². The van der Waals surface area contributed by atoms with Crippen molar-refractivity contribution in [3.8, 4) is 0 Å². The normalized spacial score (nSPS) is 19.1. The van der Waals surface area contributed by atoms with E-state index < -0.39 is 0 Å². The number of hydrogen-bond acceptors (Lipinski definition) is 4. The molecule has 1 fully saturated rings. The van der Waals surface area contributed by atoms with Crippen LogP contribution in [-0.2, 0) is 22.6 Å². The molecule has 28 heavy (non-hydrogen) atoms. The Balaban J connectivity index is 1.61. The van der Waals surface area contributed by atoms with E-state index in [4.69, 9.17) is 10.5 Å². The molecule has 2 N–H and O–H groups in total. The molecule has 1 aliphatic heterocycles. The topological polar surface area (TPSA) is 58.8 Å². The van der Waals surface area contributed by atoms with Crippen LogP contribution in [0, 0.1) is 0 Å². The number of ether oxygens (including phenoxy) is 1. The smallest absolute Gasteiger partial charge is 0.252 e. The minimum atomic E-state index is -0.364. The number of nitrogens with zero attached hydrogens (tertiary/aromatic N) is 2. The summed E-state index contributed by atoms with van der Waals surface area (Å²) in [5, 5.41) is 0. The fourth-order valence-corrected chi connectivity index (χ4v) is 3.60. The molecule has 0 unspecified atom stereocenters. The van der Waals surface area contributed by atoms with Crippen LogP contribution < -0.4 is 5.73 Å². The number of likely N-dealkylation sites (N-methyl/N-ethyl adjacent to an activating group) is 1. The molecule has 0 aromatic heterocycles. The summed E-state index contributed by atoms with van der Waals surface area (Å²) >= 11 is 0. The van der Waals surface area contributed by atoms with Gasteiger partial charge in [0.25, 0.3) is 5.91 Å². The first-order valence-electron chi connectivity index (χ1n) is 10.1. The second-order valence-electron chi connectivity index (χ2n) is 7.53. The Morgan fingerprint density at radius 1 is 0.964 bits per heavy atom. The molecule has 0 radical (unpaired) electrons. The molecule has 0 spiro atoms. The summed E-state index contributed by atoms with van der Waals surface area (Å²) in [6.45, 7) is 3.42. The van der Waals surface area contributed by atoms with E-state index in [0.29, 0.717) is 19.6 Å². The number of hydrogen-bond donors (Lipinski definition) is 1. The third-order valence-corrected chi connectivity index (χ3v) is 5.22. The quantitative estimate of drug-likeness (QED) is 0.725. The lowest BCUT2D eigenvalue weighted by atomic mass is 10.1. The van der Waals surface area contributed by atoms with Crippen molar-refractivity contribution in [3.63, 3.8) is 0 Å². The van der Waals surface area contributed by atoms with Gasteiger partial charge in [-0.15, -0.1) is 0 Å². The summed E-state index contributed by atoms with van der Waals surface area (Å²) in [4.78, 5) is 17.3. The number of amides is 1. The Morgan fingerprint density at radius 2 is 1.57 bits per heavy atom. The fraction of sp³-hybridized carbons (Fsp3) is 0.435. The average molecular weight is 382 g/mol. The van der Waals surface area contributed by atoms with Crippen molar-refractivity contribution in [1.29, 1.82) is 0 Å². The Hall–Kier alpha value is -2.21. The molecule has 2 aromatic rings. The molecule has 150 valence electrons. The van der Waals surface area contributed by atoms with Crippen LogP contribution in [0.2, 0.25) is 0 Å². The minimum absolute atomic E-state index is 0.00767. The van der Waals surface area contributed by atoms with Crippen LogP contribution in [0.4, 0.5) is 0 Å². The maximum atomic E-state index is 13.1. The molecule has 0 aliphatic carbocycles. The zero-order valence-electron chi connectivity index (χ0n) is 16.7. The summed E-state index contributed by atoms with van der Waals surface area (Å²) in [7, 11) is 2.09. The highest BCUT2D eigenvalue weighted by atomic mass is 16.5. The van der Waals surface area contributed by atoms with Gasteiger partial charge in [-0.25, -0.2) is 0 Å². The molecule has 0 saturated carbocycles. The van der Waals surface area contributed by atoms with Gasteiger partial charge in [-0.3, -0.25) is 4.79 Å². The molecule has 0 bridgehead atoms. The van der Waals surface area contributed by atoms with Gasteiger partial charge in [0.1, 0.15) is 6.10 Å². The minimum Gasteiger partial charge on any atom is -0.364 e. The van der Waals surface area contributed by atoms with Crippen LogP contribution in [0.3, 0.4) is 0 Å². The van der Waals surface area contributed by atoms with Crippen LogP contribution >= 0.6 is 0 Å².